The fraction of sp³-hybridized carbons (Fsp3) is 0.727. The predicted molar refractivity (Wildman–Crippen MR) is 48.3 cm³/mol. The van der Waals surface area contributed by atoms with Gasteiger partial charge in [-0.1, -0.05) is 6.42 Å². The van der Waals surface area contributed by atoms with E-state index in [0.29, 0.717) is 11.0 Å². The van der Waals surface area contributed by atoms with Crippen LogP contribution in [0.4, 0.5) is 0 Å². The standard InChI is InChI=1S/C11H14O2/c12-7-8-6-10-2-1-3-11(10,5-4-10)9(8)13/h7,12H,1-6H2/b8-7-. The van der Waals surface area contributed by atoms with Crippen LogP contribution in [0.1, 0.15) is 38.5 Å². The zero-order valence-corrected chi connectivity index (χ0v) is 7.68. The zero-order valence-electron chi connectivity index (χ0n) is 7.68. The van der Waals surface area contributed by atoms with Crippen molar-refractivity contribution in [3.05, 3.63) is 11.8 Å². The number of ketones is 1. The van der Waals surface area contributed by atoms with E-state index in [9.17, 15) is 4.79 Å². The molecule has 0 heterocycles. The van der Waals surface area contributed by atoms with Crippen molar-refractivity contribution in [2.75, 3.05) is 0 Å². The predicted octanol–water partition coefficient (Wildman–Crippen LogP) is 2.35. The molecule has 3 aliphatic rings. The molecule has 0 aromatic heterocycles. The molecule has 2 nitrogen and oxygen atoms in total. The quantitative estimate of drug-likeness (QED) is 0.456. The van der Waals surface area contributed by atoms with Crippen molar-refractivity contribution in [1.82, 2.24) is 0 Å². The maximum absolute atomic E-state index is 12.0. The number of rotatable bonds is 0. The summed E-state index contributed by atoms with van der Waals surface area (Å²) in [4.78, 5) is 12.0. The Morgan fingerprint density at radius 3 is 2.62 bits per heavy atom. The van der Waals surface area contributed by atoms with E-state index in [1.807, 2.05) is 0 Å². The van der Waals surface area contributed by atoms with Crippen LogP contribution in [-0.2, 0) is 4.79 Å². The highest BCUT2D eigenvalue weighted by molar-refractivity contribution is 6.04. The van der Waals surface area contributed by atoms with Gasteiger partial charge in [0, 0.05) is 11.0 Å². The first-order valence-corrected chi connectivity index (χ1v) is 5.12. The van der Waals surface area contributed by atoms with Crippen molar-refractivity contribution in [2.24, 2.45) is 10.8 Å². The first-order valence-electron chi connectivity index (χ1n) is 5.12. The van der Waals surface area contributed by atoms with Crippen LogP contribution >= 0.6 is 0 Å². The highest BCUT2D eigenvalue weighted by Gasteiger charge is 2.69. The molecule has 2 unspecified atom stereocenters. The zero-order chi connectivity index (χ0) is 9.10. The number of carbonyl (C=O) groups is 1. The van der Waals surface area contributed by atoms with E-state index in [2.05, 4.69) is 0 Å². The third-order valence-corrected chi connectivity index (χ3v) is 4.72. The smallest absolute Gasteiger partial charge is 0.168 e. The molecule has 3 fully saturated rings. The molecule has 0 radical (unpaired) electrons. The molecular weight excluding hydrogens is 164 g/mol. The summed E-state index contributed by atoms with van der Waals surface area (Å²) in [7, 11) is 0. The second-order valence-corrected chi connectivity index (χ2v) is 4.88. The van der Waals surface area contributed by atoms with Crippen LogP contribution in [-0.4, -0.2) is 10.9 Å². The average Bonchev–Trinajstić information content (AvgIpc) is 2.41. The summed E-state index contributed by atoms with van der Waals surface area (Å²) >= 11 is 0. The van der Waals surface area contributed by atoms with Gasteiger partial charge in [0.05, 0.1) is 6.26 Å². The van der Waals surface area contributed by atoms with E-state index in [0.717, 1.165) is 25.5 Å². The largest absolute Gasteiger partial charge is 0.515 e. The van der Waals surface area contributed by atoms with E-state index in [1.54, 1.807) is 0 Å². The van der Waals surface area contributed by atoms with Crippen LogP contribution in [0.2, 0.25) is 0 Å². The van der Waals surface area contributed by atoms with Gasteiger partial charge in [-0.05, 0) is 37.5 Å². The summed E-state index contributed by atoms with van der Waals surface area (Å²) in [6.07, 6.45) is 7.67. The highest BCUT2D eigenvalue weighted by Crippen LogP contribution is 2.73. The van der Waals surface area contributed by atoms with Crippen molar-refractivity contribution in [1.29, 1.82) is 0 Å². The average molecular weight is 178 g/mol. The highest BCUT2D eigenvalue weighted by atomic mass is 16.2. The van der Waals surface area contributed by atoms with Gasteiger partial charge in [0.25, 0.3) is 0 Å². The van der Waals surface area contributed by atoms with Gasteiger partial charge in [0.15, 0.2) is 5.78 Å². The molecule has 3 rings (SSSR count). The molecule has 0 aromatic carbocycles. The van der Waals surface area contributed by atoms with Gasteiger partial charge in [-0.25, -0.2) is 0 Å². The van der Waals surface area contributed by atoms with Gasteiger partial charge >= 0.3 is 0 Å². The summed E-state index contributed by atoms with van der Waals surface area (Å²) in [5.74, 6) is 0.263. The molecule has 70 valence electrons. The van der Waals surface area contributed by atoms with E-state index in [1.165, 1.54) is 19.3 Å². The van der Waals surface area contributed by atoms with Crippen molar-refractivity contribution >= 4 is 5.78 Å². The number of hydrogen-bond donors (Lipinski definition) is 1. The lowest BCUT2D eigenvalue weighted by atomic mass is 9.53. The SMILES string of the molecule is O=C1/C(=C\O)CC23CCCC12CC3. The van der Waals surface area contributed by atoms with Gasteiger partial charge in [-0.3, -0.25) is 4.79 Å². The van der Waals surface area contributed by atoms with Crippen molar-refractivity contribution in [2.45, 2.75) is 38.5 Å². The topological polar surface area (TPSA) is 37.3 Å². The van der Waals surface area contributed by atoms with E-state index in [4.69, 9.17) is 5.11 Å². The van der Waals surface area contributed by atoms with Crippen LogP contribution in [0, 0.1) is 10.8 Å². The minimum absolute atomic E-state index is 0.0123. The second-order valence-electron chi connectivity index (χ2n) is 4.88. The Hall–Kier alpha value is -0.790. The number of hydrogen-bond acceptors (Lipinski definition) is 2. The van der Waals surface area contributed by atoms with Crippen LogP contribution in [0.5, 0.6) is 0 Å². The minimum atomic E-state index is -0.0123. The van der Waals surface area contributed by atoms with Gasteiger partial charge in [0.2, 0.25) is 0 Å². The molecule has 2 heteroatoms. The molecule has 0 aromatic rings. The van der Waals surface area contributed by atoms with E-state index >= 15 is 0 Å². The van der Waals surface area contributed by atoms with Gasteiger partial charge < -0.3 is 5.11 Å². The van der Waals surface area contributed by atoms with Crippen LogP contribution in [0.3, 0.4) is 0 Å². The molecule has 0 saturated heterocycles. The van der Waals surface area contributed by atoms with Gasteiger partial charge in [0.1, 0.15) is 0 Å². The normalized spacial score (nSPS) is 50.5. The molecule has 13 heavy (non-hydrogen) atoms. The molecule has 1 N–H and O–H groups in total. The lowest BCUT2D eigenvalue weighted by Crippen LogP contribution is -2.46. The fourth-order valence-corrected chi connectivity index (χ4v) is 3.93. The number of carbonyl (C=O) groups excluding carboxylic acids is 1. The van der Waals surface area contributed by atoms with Crippen LogP contribution in [0.25, 0.3) is 0 Å². The summed E-state index contributed by atoms with van der Waals surface area (Å²) in [6.45, 7) is 0. The maximum atomic E-state index is 12.0. The molecule has 3 saturated carbocycles. The minimum Gasteiger partial charge on any atom is -0.515 e. The number of Topliss-reactive ketones (excluding diaryl/α,β-unsaturated/α-hetero) is 1. The Morgan fingerprint density at radius 2 is 2.08 bits per heavy atom. The Labute approximate surface area is 77.6 Å². The van der Waals surface area contributed by atoms with E-state index < -0.39 is 0 Å². The Morgan fingerprint density at radius 1 is 1.23 bits per heavy atom. The summed E-state index contributed by atoms with van der Waals surface area (Å²) in [5.41, 5.74) is 0.970. The number of aliphatic hydroxyl groups is 1. The van der Waals surface area contributed by atoms with Crippen LogP contribution in [0.15, 0.2) is 11.8 Å². The third-order valence-electron chi connectivity index (χ3n) is 4.72. The lowest BCUT2D eigenvalue weighted by molar-refractivity contribution is -0.135. The maximum Gasteiger partial charge on any atom is 0.168 e. The number of aliphatic hydroxyl groups excluding tert-OH is 1. The fourth-order valence-electron chi connectivity index (χ4n) is 3.93. The molecule has 0 spiro atoms. The van der Waals surface area contributed by atoms with Crippen LogP contribution < -0.4 is 0 Å². The Bertz CT molecular complexity index is 318. The first kappa shape index (κ1) is 7.60. The molecule has 0 amide bonds. The lowest BCUT2D eigenvalue weighted by Gasteiger charge is -2.49. The third kappa shape index (κ3) is 0.588. The monoisotopic (exact) mass is 178 g/mol. The van der Waals surface area contributed by atoms with Crippen molar-refractivity contribution < 1.29 is 9.90 Å². The Balaban J connectivity index is 2.11. The second kappa shape index (κ2) is 1.99. The molecular formula is C11H14O2. The van der Waals surface area contributed by atoms with E-state index in [-0.39, 0.29) is 11.2 Å². The molecule has 0 aliphatic heterocycles. The van der Waals surface area contributed by atoms with Gasteiger partial charge in [-0.2, -0.15) is 0 Å². The number of allylic oxidation sites excluding steroid dienone is 1. The Kier molecular flexibility index (Phi) is 1.17. The van der Waals surface area contributed by atoms with Gasteiger partial charge in [-0.15, -0.1) is 0 Å². The summed E-state index contributed by atoms with van der Waals surface area (Å²) in [6, 6.07) is 0. The first-order chi connectivity index (χ1) is 6.24. The molecule has 0 bridgehead atoms. The van der Waals surface area contributed by atoms with Crippen molar-refractivity contribution in [3.8, 4) is 0 Å². The molecule has 2 atom stereocenters. The van der Waals surface area contributed by atoms with Crippen molar-refractivity contribution in [3.63, 3.8) is 0 Å². The summed E-state index contributed by atoms with van der Waals surface area (Å²) in [5, 5.41) is 8.97. The summed E-state index contributed by atoms with van der Waals surface area (Å²) < 4.78 is 0. The molecule has 3 aliphatic carbocycles.